The van der Waals surface area contributed by atoms with Gasteiger partial charge in [0.2, 0.25) is 5.60 Å². The van der Waals surface area contributed by atoms with E-state index in [2.05, 4.69) is 0 Å². The molecule has 1 aliphatic heterocycles. The Labute approximate surface area is 187 Å². The molecule has 0 amide bonds. The van der Waals surface area contributed by atoms with Crippen LogP contribution in [0.25, 0.3) is 11.1 Å². The van der Waals surface area contributed by atoms with Crippen LogP contribution in [0.4, 0.5) is 0 Å². The highest BCUT2D eigenvalue weighted by atomic mass is 35.5. The molecule has 1 aliphatic carbocycles. The molecule has 1 heterocycles. The zero-order valence-electron chi connectivity index (χ0n) is 17.6. The Hall–Kier alpha value is -2.28. The zero-order valence-corrected chi connectivity index (χ0v) is 18.3. The molecule has 0 atom stereocenters. The number of halogens is 1. The van der Waals surface area contributed by atoms with Crippen LogP contribution in [0.3, 0.4) is 0 Å². The van der Waals surface area contributed by atoms with Crippen molar-refractivity contribution in [2.45, 2.75) is 50.9 Å². The van der Waals surface area contributed by atoms with E-state index >= 15 is 0 Å². The number of benzene rings is 2. The molecule has 2 fully saturated rings. The first-order chi connectivity index (χ1) is 15.0. The van der Waals surface area contributed by atoms with E-state index in [1.807, 2.05) is 37.3 Å². The summed E-state index contributed by atoms with van der Waals surface area (Å²) in [6.45, 7) is 3.56. The quantitative estimate of drug-likeness (QED) is 0.577. The van der Waals surface area contributed by atoms with Gasteiger partial charge in [-0.05, 0) is 49.1 Å². The first-order valence-corrected chi connectivity index (χ1v) is 11.1. The van der Waals surface area contributed by atoms with Crippen molar-refractivity contribution in [3.63, 3.8) is 0 Å². The zero-order chi connectivity index (χ0) is 21.8. The number of rotatable bonds is 9. The molecule has 1 saturated heterocycles. The van der Waals surface area contributed by atoms with Gasteiger partial charge in [-0.25, -0.2) is 4.79 Å². The maximum Gasteiger partial charge on any atom is 0.348 e. The second kappa shape index (κ2) is 9.47. The minimum atomic E-state index is -1.28. The summed E-state index contributed by atoms with van der Waals surface area (Å²) in [7, 11) is 0. The van der Waals surface area contributed by atoms with Gasteiger partial charge in [0, 0.05) is 18.4 Å². The summed E-state index contributed by atoms with van der Waals surface area (Å²) in [6, 6.07) is 11.3. The normalized spacial score (nSPS) is 17.9. The molecule has 4 rings (SSSR count). The fourth-order valence-corrected chi connectivity index (χ4v) is 4.01. The van der Waals surface area contributed by atoms with E-state index in [9.17, 15) is 9.90 Å². The van der Waals surface area contributed by atoms with Crippen molar-refractivity contribution >= 4 is 17.6 Å². The third kappa shape index (κ3) is 4.97. The summed E-state index contributed by atoms with van der Waals surface area (Å²) < 4.78 is 23.0. The number of carboxylic acid groups (broad SMARTS) is 1. The molecular weight excluding hydrogens is 420 g/mol. The van der Waals surface area contributed by atoms with Crippen LogP contribution in [0.1, 0.15) is 38.2 Å². The van der Waals surface area contributed by atoms with Crippen molar-refractivity contribution < 1.29 is 28.8 Å². The molecule has 31 heavy (non-hydrogen) atoms. The summed E-state index contributed by atoms with van der Waals surface area (Å²) in [6.07, 6.45) is 3.02. The van der Waals surface area contributed by atoms with Crippen LogP contribution < -0.4 is 9.47 Å². The second-order valence-electron chi connectivity index (χ2n) is 7.89. The van der Waals surface area contributed by atoms with Crippen LogP contribution in [0, 0.1) is 0 Å². The molecule has 6 nitrogen and oxygen atoms in total. The van der Waals surface area contributed by atoms with Gasteiger partial charge in [0.15, 0.2) is 0 Å². The van der Waals surface area contributed by atoms with E-state index in [0.717, 1.165) is 29.5 Å². The molecule has 0 aromatic heterocycles. The third-order valence-electron chi connectivity index (χ3n) is 5.63. The average Bonchev–Trinajstić information content (AvgIpc) is 3.59. The molecule has 0 spiro atoms. The molecule has 0 radical (unpaired) electrons. The van der Waals surface area contributed by atoms with Gasteiger partial charge in [-0.1, -0.05) is 29.8 Å². The van der Waals surface area contributed by atoms with Crippen molar-refractivity contribution in [2.75, 3.05) is 19.8 Å². The van der Waals surface area contributed by atoms with Crippen LogP contribution in [0.15, 0.2) is 36.4 Å². The van der Waals surface area contributed by atoms with Gasteiger partial charge < -0.3 is 24.1 Å². The molecule has 2 aromatic carbocycles. The largest absolute Gasteiger partial charge is 0.492 e. The average molecular weight is 447 g/mol. The fraction of sp³-hybridized carbons (Fsp3) is 0.458. The smallest absolute Gasteiger partial charge is 0.348 e. The minimum Gasteiger partial charge on any atom is -0.492 e. The Kier molecular flexibility index (Phi) is 6.70. The first kappa shape index (κ1) is 21.9. The van der Waals surface area contributed by atoms with Crippen molar-refractivity contribution in [3.8, 4) is 22.6 Å². The molecule has 0 bridgehead atoms. The van der Waals surface area contributed by atoms with E-state index in [4.69, 9.17) is 30.5 Å². The molecule has 1 N–H and O–H groups in total. The van der Waals surface area contributed by atoms with Gasteiger partial charge in [0.25, 0.3) is 0 Å². The molecule has 166 valence electrons. The van der Waals surface area contributed by atoms with Crippen LogP contribution in [-0.2, 0) is 20.9 Å². The number of carboxylic acids is 1. The van der Waals surface area contributed by atoms with Crippen LogP contribution in [0.5, 0.6) is 11.5 Å². The summed E-state index contributed by atoms with van der Waals surface area (Å²) in [5.74, 6) is 0.158. The Bertz CT molecular complexity index is 934. The Balaban J connectivity index is 1.68. The lowest BCUT2D eigenvalue weighted by molar-refractivity contribution is -0.163. The lowest BCUT2D eigenvalue weighted by atomic mass is 9.94. The lowest BCUT2D eigenvalue weighted by Gasteiger charge is -2.33. The maximum absolute atomic E-state index is 12.0. The van der Waals surface area contributed by atoms with Crippen molar-refractivity contribution in [1.82, 2.24) is 0 Å². The van der Waals surface area contributed by atoms with Crippen molar-refractivity contribution in [2.24, 2.45) is 0 Å². The molecular formula is C24H27ClO6. The summed E-state index contributed by atoms with van der Waals surface area (Å²) >= 11 is 6.64. The van der Waals surface area contributed by atoms with E-state index in [1.54, 1.807) is 6.07 Å². The van der Waals surface area contributed by atoms with Gasteiger partial charge >= 0.3 is 5.97 Å². The monoisotopic (exact) mass is 446 g/mol. The number of hydrogen-bond donors (Lipinski definition) is 1. The van der Waals surface area contributed by atoms with Crippen LogP contribution in [-0.4, -0.2) is 42.6 Å². The third-order valence-corrected chi connectivity index (χ3v) is 6.02. The summed E-state index contributed by atoms with van der Waals surface area (Å²) in [4.78, 5) is 12.0. The number of aliphatic carboxylic acids is 1. The first-order valence-electron chi connectivity index (χ1n) is 10.7. The molecule has 0 unspecified atom stereocenters. The van der Waals surface area contributed by atoms with Crippen LogP contribution in [0.2, 0.25) is 5.02 Å². The molecule has 1 saturated carbocycles. The van der Waals surface area contributed by atoms with E-state index in [-0.39, 0.29) is 6.10 Å². The van der Waals surface area contributed by atoms with Gasteiger partial charge in [-0.3, -0.25) is 0 Å². The number of ether oxygens (including phenoxy) is 4. The van der Waals surface area contributed by atoms with Gasteiger partial charge in [-0.15, -0.1) is 0 Å². The Morgan fingerprint density at radius 3 is 2.65 bits per heavy atom. The highest BCUT2D eigenvalue weighted by molar-refractivity contribution is 6.34. The lowest BCUT2D eigenvalue weighted by Crippen LogP contribution is -2.49. The molecule has 7 heteroatoms. The molecule has 2 aromatic rings. The second-order valence-corrected chi connectivity index (χ2v) is 8.27. The van der Waals surface area contributed by atoms with E-state index in [0.29, 0.717) is 55.8 Å². The van der Waals surface area contributed by atoms with Crippen LogP contribution >= 0.6 is 11.6 Å². The van der Waals surface area contributed by atoms with E-state index < -0.39 is 11.6 Å². The van der Waals surface area contributed by atoms with Crippen molar-refractivity contribution in [1.29, 1.82) is 0 Å². The highest BCUT2D eigenvalue weighted by Crippen LogP contribution is 2.39. The van der Waals surface area contributed by atoms with Gasteiger partial charge in [-0.2, -0.15) is 0 Å². The standard InChI is InChI=1S/C24H27ClO6/c1-2-29-21-5-3-4-20(22(21)25)19-9-8-18(14-16(19)15-30-17-6-7-17)31-24(23(26)27)10-12-28-13-11-24/h3-5,8-9,14,17H,2,6-7,10-13,15H2,1H3,(H,26,27). The topological polar surface area (TPSA) is 74.2 Å². The Morgan fingerprint density at radius 2 is 1.97 bits per heavy atom. The van der Waals surface area contributed by atoms with Gasteiger partial charge in [0.05, 0.1) is 37.6 Å². The highest BCUT2D eigenvalue weighted by Gasteiger charge is 2.43. The predicted molar refractivity (Wildman–Crippen MR) is 117 cm³/mol. The fourth-order valence-electron chi connectivity index (χ4n) is 3.73. The van der Waals surface area contributed by atoms with E-state index in [1.165, 1.54) is 0 Å². The summed E-state index contributed by atoms with van der Waals surface area (Å²) in [5, 5.41) is 10.4. The summed E-state index contributed by atoms with van der Waals surface area (Å²) in [5.41, 5.74) is 1.37. The predicted octanol–water partition coefficient (Wildman–Crippen LogP) is 5.10. The number of hydrogen-bond acceptors (Lipinski definition) is 5. The Morgan fingerprint density at radius 1 is 1.19 bits per heavy atom. The number of carbonyl (C=O) groups is 1. The minimum absolute atomic E-state index is 0.281. The SMILES string of the molecule is CCOc1cccc(-c2ccc(OC3(C(=O)O)CCOCC3)cc2COC2CC2)c1Cl. The van der Waals surface area contributed by atoms with Gasteiger partial charge in [0.1, 0.15) is 11.5 Å². The molecule has 2 aliphatic rings. The van der Waals surface area contributed by atoms with Crippen molar-refractivity contribution in [3.05, 3.63) is 47.0 Å². The maximum atomic E-state index is 12.0.